The van der Waals surface area contributed by atoms with Crippen molar-refractivity contribution in [3.8, 4) is 0 Å². The van der Waals surface area contributed by atoms with Crippen LogP contribution < -0.4 is 16.5 Å². The summed E-state index contributed by atoms with van der Waals surface area (Å²) in [7, 11) is 0. The topological polar surface area (TPSA) is 255 Å². The molecule has 0 unspecified atom stereocenters. The van der Waals surface area contributed by atoms with Crippen LogP contribution in [0.25, 0.3) is 0 Å². The van der Waals surface area contributed by atoms with E-state index < -0.39 is 84.1 Å². The van der Waals surface area contributed by atoms with Crippen molar-refractivity contribution in [3.05, 3.63) is 143 Å². The maximum Gasteiger partial charge on any atom is 0.429 e. The van der Waals surface area contributed by atoms with Crippen LogP contribution in [0, 0.1) is 0 Å². The first-order chi connectivity index (χ1) is 33.7. The molecule has 0 saturated carbocycles. The van der Waals surface area contributed by atoms with Gasteiger partial charge in [0.15, 0.2) is 11.6 Å². The van der Waals surface area contributed by atoms with Gasteiger partial charge in [0.2, 0.25) is 0 Å². The number of hydrogen-bond acceptors (Lipinski definition) is 14. The van der Waals surface area contributed by atoms with Gasteiger partial charge < -0.3 is 20.5 Å². The SMILES string of the molecule is CC(=O)[C@@H]1CCCN(C(=O)OCc2ccccc2)N1C(=O)[C@H](CNC(=O)OCc1ccccc1)N1C(=O)c2ccccc2C1=O.CC(=O)[C@@H]1CCCNN1C(=O)[C@H](CN)N1C(=O)c2ccccc2C1=O. The molecule has 4 aromatic rings. The number of nitrogens with one attached hydrogen (secondary N) is 2. The van der Waals surface area contributed by atoms with Crippen LogP contribution in [0.3, 0.4) is 0 Å². The first-order valence-electron chi connectivity index (χ1n) is 22.7. The molecule has 2 fully saturated rings. The molecule has 364 valence electrons. The first-order valence-corrected chi connectivity index (χ1v) is 22.7. The quantitative estimate of drug-likeness (QED) is 0.163. The van der Waals surface area contributed by atoms with E-state index in [9.17, 15) is 47.9 Å². The van der Waals surface area contributed by atoms with Crippen LogP contribution in [0.15, 0.2) is 109 Å². The van der Waals surface area contributed by atoms with Crippen LogP contribution in [-0.4, -0.2) is 134 Å². The fourth-order valence-corrected chi connectivity index (χ4v) is 8.66. The van der Waals surface area contributed by atoms with Gasteiger partial charge in [-0.05, 0) is 74.9 Å². The number of rotatable bonds is 13. The molecule has 4 N–H and O–H groups in total. The van der Waals surface area contributed by atoms with Crippen molar-refractivity contribution in [1.29, 1.82) is 0 Å². The Morgan fingerprint density at radius 2 is 1.07 bits per heavy atom. The third kappa shape index (κ3) is 10.6. The number of benzene rings is 4. The van der Waals surface area contributed by atoms with Crippen LogP contribution in [-0.2, 0) is 41.9 Å². The van der Waals surface area contributed by atoms with E-state index in [1.807, 2.05) is 12.1 Å². The summed E-state index contributed by atoms with van der Waals surface area (Å²) in [6.45, 7) is 2.40. The molecule has 4 heterocycles. The Balaban J connectivity index is 0.000000243. The van der Waals surface area contributed by atoms with Gasteiger partial charge in [0.1, 0.15) is 37.4 Å². The Kier molecular flexibility index (Phi) is 15.9. The molecule has 0 bridgehead atoms. The minimum atomic E-state index is -1.62. The zero-order valence-electron chi connectivity index (χ0n) is 38.5. The maximum absolute atomic E-state index is 14.4. The van der Waals surface area contributed by atoms with Crippen LogP contribution in [0.4, 0.5) is 9.59 Å². The Morgan fingerprint density at radius 1 is 0.614 bits per heavy atom. The molecule has 4 aromatic carbocycles. The van der Waals surface area contributed by atoms with Crippen molar-refractivity contribution in [1.82, 2.24) is 35.6 Å². The molecule has 8 rings (SSSR count). The average molecular weight is 957 g/mol. The fraction of sp³-hybridized carbons (Fsp3) is 0.320. The smallest absolute Gasteiger partial charge is 0.429 e. The lowest BCUT2D eigenvalue weighted by Crippen LogP contribution is -2.65. The van der Waals surface area contributed by atoms with E-state index in [4.69, 9.17) is 15.2 Å². The predicted molar refractivity (Wildman–Crippen MR) is 248 cm³/mol. The normalized spacial score (nSPS) is 18.2. The van der Waals surface area contributed by atoms with Crippen LogP contribution in [0.2, 0.25) is 0 Å². The second-order valence-corrected chi connectivity index (χ2v) is 16.8. The zero-order valence-corrected chi connectivity index (χ0v) is 38.5. The number of imide groups is 2. The van der Waals surface area contributed by atoms with E-state index in [-0.39, 0.29) is 60.8 Å². The van der Waals surface area contributed by atoms with E-state index in [0.29, 0.717) is 24.9 Å². The number of Topliss-reactive ketones (excluding diaryl/α,β-unsaturated/α-hetero) is 2. The minimum absolute atomic E-state index is 0.0462. The Morgan fingerprint density at radius 3 is 1.56 bits per heavy atom. The van der Waals surface area contributed by atoms with Gasteiger partial charge in [-0.2, -0.15) is 0 Å². The molecule has 4 aliphatic heterocycles. The van der Waals surface area contributed by atoms with Gasteiger partial charge in [-0.25, -0.2) is 25.0 Å². The number of alkyl carbamates (subject to hydrolysis) is 1. The third-order valence-electron chi connectivity index (χ3n) is 12.2. The molecule has 70 heavy (non-hydrogen) atoms. The number of amides is 8. The molecule has 2 saturated heterocycles. The Bertz CT molecular complexity index is 2610. The standard InChI is InChI=1S/C33H32N4O8.C17H20N4O4/c1-22(38)27-17-10-18-35(33(43)45-21-24-13-6-3-7-14-24)37(27)31(41)28(19-34-32(42)44-20-23-11-4-2-5-12-23)36-29(39)25-15-8-9-16-26(25)30(36)40;1-10(22)13-7-4-8-19-21(13)17(25)14(9-18)20-15(23)11-5-2-3-6-12(11)16(20)24/h2-9,11-16,27-28H,10,17-21H2,1H3,(H,34,42);2-3,5-6,13-14,19H,4,7-9,18H2,1H3/t27-,28-;13-,14-/m00/s1. The maximum atomic E-state index is 14.4. The first kappa shape index (κ1) is 49.8. The molecule has 8 amide bonds. The van der Waals surface area contributed by atoms with Gasteiger partial charge in [-0.15, -0.1) is 0 Å². The van der Waals surface area contributed by atoms with Crippen LogP contribution >= 0.6 is 0 Å². The summed E-state index contributed by atoms with van der Waals surface area (Å²) in [4.78, 5) is 132. The predicted octanol–water partition coefficient (Wildman–Crippen LogP) is 3.41. The van der Waals surface area contributed by atoms with E-state index >= 15 is 0 Å². The van der Waals surface area contributed by atoms with Gasteiger partial charge in [-0.3, -0.25) is 53.2 Å². The molecule has 0 aliphatic carbocycles. The van der Waals surface area contributed by atoms with Gasteiger partial charge in [0, 0.05) is 19.6 Å². The number of carbonyl (C=O) groups excluding carboxylic acids is 10. The molecule has 20 heteroatoms. The Hall–Kier alpha value is -8.10. The van der Waals surface area contributed by atoms with Crippen molar-refractivity contribution in [2.24, 2.45) is 5.73 Å². The lowest BCUT2D eigenvalue weighted by atomic mass is 10.0. The van der Waals surface area contributed by atoms with E-state index in [0.717, 1.165) is 31.8 Å². The lowest BCUT2D eigenvalue weighted by Gasteiger charge is -2.44. The van der Waals surface area contributed by atoms with Crippen molar-refractivity contribution in [2.75, 3.05) is 26.2 Å². The molecule has 0 aromatic heterocycles. The molecular weight excluding hydrogens is 905 g/mol. The number of nitrogens with zero attached hydrogens (tertiary/aromatic N) is 5. The molecule has 0 spiro atoms. The number of ketones is 2. The number of hydrogen-bond donors (Lipinski definition) is 3. The van der Waals surface area contributed by atoms with Gasteiger partial charge in [0.05, 0.1) is 28.8 Å². The average Bonchev–Trinajstić information content (AvgIpc) is 3.79. The highest BCUT2D eigenvalue weighted by atomic mass is 16.6. The second kappa shape index (κ2) is 22.3. The summed E-state index contributed by atoms with van der Waals surface area (Å²) >= 11 is 0. The van der Waals surface area contributed by atoms with E-state index in [1.165, 1.54) is 31.0 Å². The van der Waals surface area contributed by atoms with Crippen molar-refractivity contribution < 1.29 is 57.4 Å². The van der Waals surface area contributed by atoms with E-state index in [2.05, 4.69) is 10.7 Å². The molecule has 4 atom stereocenters. The lowest BCUT2D eigenvalue weighted by molar-refractivity contribution is -0.165. The van der Waals surface area contributed by atoms with E-state index in [1.54, 1.807) is 84.9 Å². The molecule has 0 radical (unpaired) electrons. The van der Waals surface area contributed by atoms with Crippen molar-refractivity contribution in [2.45, 2.75) is 76.9 Å². The largest absolute Gasteiger partial charge is 0.445 e. The third-order valence-corrected chi connectivity index (χ3v) is 12.2. The molecular formula is C50H52N8O12. The summed E-state index contributed by atoms with van der Waals surface area (Å²) in [5, 5.41) is 5.70. The van der Waals surface area contributed by atoms with Gasteiger partial charge >= 0.3 is 12.2 Å². The highest BCUT2D eigenvalue weighted by Gasteiger charge is 2.49. The van der Waals surface area contributed by atoms with Gasteiger partial charge in [-0.1, -0.05) is 84.9 Å². The fourth-order valence-electron chi connectivity index (χ4n) is 8.66. The minimum Gasteiger partial charge on any atom is -0.445 e. The monoisotopic (exact) mass is 956 g/mol. The summed E-state index contributed by atoms with van der Waals surface area (Å²) in [6, 6.07) is 25.9. The number of carbonyl (C=O) groups is 10. The summed E-state index contributed by atoms with van der Waals surface area (Å²) in [6.07, 6.45) is 0.159. The summed E-state index contributed by atoms with van der Waals surface area (Å²) < 4.78 is 10.8. The number of fused-ring (bicyclic) bond motifs is 2. The zero-order chi connectivity index (χ0) is 50.1. The number of nitrogens with two attached hydrogens (primary N) is 1. The highest BCUT2D eigenvalue weighted by molar-refractivity contribution is 6.24. The Labute approximate surface area is 402 Å². The highest BCUT2D eigenvalue weighted by Crippen LogP contribution is 2.29. The number of hydrazine groups is 2. The van der Waals surface area contributed by atoms with Gasteiger partial charge in [0.25, 0.3) is 35.4 Å². The van der Waals surface area contributed by atoms with Crippen molar-refractivity contribution >= 4 is 59.2 Å². The number of ether oxygens (including phenoxy) is 2. The van der Waals surface area contributed by atoms with Crippen LogP contribution in [0.1, 0.15) is 92.1 Å². The molecule has 20 nitrogen and oxygen atoms in total. The molecule has 4 aliphatic rings. The van der Waals surface area contributed by atoms with Crippen LogP contribution in [0.5, 0.6) is 0 Å². The summed E-state index contributed by atoms with van der Waals surface area (Å²) in [5.41, 5.74) is 10.8. The summed E-state index contributed by atoms with van der Waals surface area (Å²) in [5.74, 6) is -4.59. The van der Waals surface area contributed by atoms with Crippen molar-refractivity contribution in [3.63, 3.8) is 0 Å². The second-order valence-electron chi connectivity index (χ2n) is 16.8.